The Kier molecular flexibility index (Phi) is 9.93. The molecule has 3 aliphatic carbocycles. The Morgan fingerprint density at radius 3 is 1.61 bits per heavy atom. The Labute approximate surface area is 242 Å². The van der Waals surface area contributed by atoms with E-state index in [2.05, 4.69) is 93.9 Å². The third kappa shape index (κ3) is 5.96. The molecule has 0 radical (unpaired) electrons. The van der Waals surface area contributed by atoms with E-state index in [1.54, 1.807) is 32.6 Å². The number of rotatable bonds is 4. The summed E-state index contributed by atoms with van der Waals surface area (Å²) in [6.07, 6.45) is 17.1. The molecule has 0 saturated heterocycles. The second-order valence-corrected chi connectivity index (χ2v) is 29.7. The van der Waals surface area contributed by atoms with Gasteiger partial charge in [-0.1, -0.05) is 0 Å². The fourth-order valence-electron chi connectivity index (χ4n) is 6.18. The fourth-order valence-corrected chi connectivity index (χ4v) is 18.0. The molecule has 0 amide bonds. The molecule has 0 heterocycles. The van der Waals surface area contributed by atoms with Crippen LogP contribution in [0.25, 0.3) is 11.1 Å². The van der Waals surface area contributed by atoms with Crippen LogP contribution in [0.4, 0.5) is 0 Å². The molecule has 0 aliphatic heterocycles. The van der Waals surface area contributed by atoms with E-state index in [1.807, 2.05) is 6.49 Å². The first-order chi connectivity index (χ1) is 16.1. The molecule has 5 rings (SSSR count). The molecule has 0 bridgehead atoms. The molecule has 36 heavy (non-hydrogen) atoms. The van der Waals surface area contributed by atoms with Crippen molar-refractivity contribution in [2.24, 2.45) is 0 Å². The van der Waals surface area contributed by atoms with Crippen LogP contribution in [0.15, 0.2) is 57.9 Å². The molecule has 1 saturated carbocycles. The maximum atomic E-state index is 2.63. The number of allylic oxidation sites excluding steroid dienone is 4. The van der Waals surface area contributed by atoms with Crippen LogP contribution < -0.4 is 35.2 Å². The van der Waals surface area contributed by atoms with Gasteiger partial charge < -0.3 is 24.8 Å². The van der Waals surface area contributed by atoms with E-state index < -0.39 is 37.4 Å². The molecular weight excluding hydrogens is 591 g/mol. The van der Waals surface area contributed by atoms with Gasteiger partial charge in [-0.05, 0) is 0 Å². The normalized spacial score (nSPS) is 17.2. The van der Waals surface area contributed by atoms with Crippen molar-refractivity contribution >= 4 is 29.7 Å². The largest absolute Gasteiger partial charge is 1.00 e. The molecule has 0 aromatic heterocycles. The van der Waals surface area contributed by atoms with Gasteiger partial charge in [-0.3, -0.25) is 0 Å². The Bertz CT molecular complexity index is 1140. The third-order valence-electron chi connectivity index (χ3n) is 8.24. The maximum Gasteiger partial charge on any atom is -1.00 e. The summed E-state index contributed by atoms with van der Waals surface area (Å²) in [7, 11) is -2.73. The number of halogens is 2. The standard InChI is InChI=1S/C19H25Si2.C7H12.C5H5.2ClH.Zr/c1-20(2,3)16-9-7-14-11-15-8-10-17(21(4,5)6)13-19(15)18(14)12-16;1-2-4-6-7-5-3-1;1-2-4-5-3-1;;;/h7-13H,1-6H3;1-6H2;1-3H,4H2;2*1H;/q;;;;;+2/p-2. The topological polar surface area (TPSA) is 0 Å². The first kappa shape index (κ1) is 30.2. The van der Waals surface area contributed by atoms with Gasteiger partial charge in [0.1, 0.15) is 0 Å². The Morgan fingerprint density at radius 1 is 0.694 bits per heavy atom. The smallest absolute Gasteiger partial charge is 1.00 e. The Morgan fingerprint density at radius 2 is 1.19 bits per heavy atom. The van der Waals surface area contributed by atoms with Gasteiger partial charge in [0.05, 0.1) is 0 Å². The van der Waals surface area contributed by atoms with Gasteiger partial charge in [-0.25, -0.2) is 0 Å². The Hall–Kier alpha value is -0.313. The predicted molar refractivity (Wildman–Crippen MR) is 154 cm³/mol. The van der Waals surface area contributed by atoms with E-state index in [1.165, 1.54) is 44.9 Å². The number of hydrogen-bond acceptors (Lipinski definition) is 0. The molecule has 0 atom stereocenters. The van der Waals surface area contributed by atoms with Gasteiger partial charge in [0.25, 0.3) is 0 Å². The summed E-state index contributed by atoms with van der Waals surface area (Å²) in [6.45, 7) is 15.0. The second-order valence-electron chi connectivity index (χ2n) is 12.8. The second kappa shape index (κ2) is 11.8. The number of benzene rings is 2. The number of fused-ring (bicyclic) bond motifs is 3. The predicted octanol–water partition coefficient (Wildman–Crippen LogP) is 1.84. The molecule has 0 spiro atoms. The summed E-state index contributed by atoms with van der Waals surface area (Å²) in [6, 6.07) is 15.5. The minimum atomic E-state index is -2.07. The first-order valence-electron chi connectivity index (χ1n) is 13.5. The SMILES string of the molecule is C[Si](C)(C)c1ccc2c(c1)-c1cc([Si](C)(C)C)ccc1[CH]2[Zr+2]([C]1=CC=CC1)=[C]1CCCCCC1.[Cl-].[Cl-]. The quantitative estimate of drug-likeness (QED) is 0.357. The zero-order valence-corrected chi connectivity index (χ0v) is 28.9. The summed E-state index contributed by atoms with van der Waals surface area (Å²) >= 11 is -2.07. The average molecular weight is 633 g/mol. The van der Waals surface area contributed by atoms with Crippen LogP contribution in [0.1, 0.15) is 59.7 Å². The van der Waals surface area contributed by atoms with Crippen molar-refractivity contribution in [2.45, 2.75) is 87.9 Å². The van der Waals surface area contributed by atoms with Crippen LogP contribution in [-0.4, -0.2) is 19.4 Å². The molecule has 3 aliphatic rings. The van der Waals surface area contributed by atoms with E-state index in [9.17, 15) is 0 Å². The Balaban J connectivity index is 0.00000180. The fraction of sp³-hybridized carbons (Fsp3) is 0.452. The van der Waals surface area contributed by atoms with Crippen LogP contribution in [0, 0.1) is 0 Å². The van der Waals surface area contributed by atoms with E-state index in [-0.39, 0.29) is 24.8 Å². The van der Waals surface area contributed by atoms with Crippen LogP contribution >= 0.6 is 0 Å². The average Bonchev–Trinajstić information content (AvgIpc) is 3.32. The summed E-state index contributed by atoms with van der Waals surface area (Å²) in [5.41, 5.74) is 6.56. The van der Waals surface area contributed by atoms with E-state index in [4.69, 9.17) is 0 Å². The van der Waals surface area contributed by atoms with Crippen LogP contribution in [0.3, 0.4) is 0 Å². The third-order valence-corrected chi connectivity index (χ3v) is 21.0. The summed E-state index contributed by atoms with van der Waals surface area (Å²) in [5.74, 6) is 0. The van der Waals surface area contributed by atoms with Gasteiger partial charge in [0, 0.05) is 0 Å². The summed E-state index contributed by atoms with van der Waals surface area (Å²) in [4.78, 5) is 0. The molecule has 5 heteroatoms. The maximum absolute atomic E-state index is 2.63. The first-order valence-corrected chi connectivity index (χ1v) is 24.4. The van der Waals surface area contributed by atoms with Crippen molar-refractivity contribution in [3.8, 4) is 11.1 Å². The summed E-state index contributed by atoms with van der Waals surface area (Å²) in [5, 5.41) is 3.23. The van der Waals surface area contributed by atoms with Crippen molar-refractivity contribution in [3.05, 3.63) is 69.0 Å². The van der Waals surface area contributed by atoms with Crippen LogP contribution in [0.2, 0.25) is 39.3 Å². The molecule has 0 nitrogen and oxygen atoms in total. The van der Waals surface area contributed by atoms with Crippen molar-refractivity contribution in [1.29, 1.82) is 0 Å². The van der Waals surface area contributed by atoms with E-state index in [0.29, 0.717) is 3.63 Å². The number of hydrogen-bond donors (Lipinski definition) is 0. The van der Waals surface area contributed by atoms with Gasteiger partial charge >= 0.3 is 219 Å². The van der Waals surface area contributed by atoms with E-state index >= 15 is 0 Å². The molecular formula is C31H42Cl2Si2Zr. The van der Waals surface area contributed by atoms with Crippen LogP contribution in [0.5, 0.6) is 0 Å². The van der Waals surface area contributed by atoms with Crippen molar-refractivity contribution in [3.63, 3.8) is 0 Å². The molecule has 2 aromatic rings. The summed E-state index contributed by atoms with van der Waals surface area (Å²) < 4.78 is 4.56. The zero-order chi connectivity index (χ0) is 24.1. The van der Waals surface area contributed by atoms with Crippen LogP contribution in [-0.2, 0) is 21.3 Å². The van der Waals surface area contributed by atoms with Crippen molar-refractivity contribution < 1.29 is 46.1 Å². The molecule has 1 fully saturated rings. The van der Waals surface area contributed by atoms with Gasteiger partial charge in [-0.15, -0.1) is 0 Å². The van der Waals surface area contributed by atoms with Crippen molar-refractivity contribution in [2.75, 3.05) is 0 Å². The van der Waals surface area contributed by atoms with Crippen molar-refractivity contribution in [1.82, 2.24) is 0 Å². The molecule has 192 valence electrons. The van der Waals surface area contributed by atoms with Gasteiger partial charge in [-0.2, -0.15) is 0 Å². The minimum absolute atomic E-state index is 0. The molecule has 0 N–H and O–H groups in total. The minimum Gasteiger partial charge on any atom is -1.00 e. The monoisotopic (exact) mass is 630 g/mol. The van der Waals surface area contributed by atoms with E-state index in [0.717, 1.165) is 0 Å². The van der Waals surface area contributed by atoms with Gasteiger partial charge in [0.15, 0.2) is 0 Å². The van der Waals surface area contributed by atoms with Gasteiger partial charge in [0.2, 0.25) is 0 Å². The molecule has 2 aromatic carbocycles. The molecule has 0 unspecified atom stereocenters. The zero-order valence-electron chi connectivity index (χ0n) is 23.0.